The Labute approximate surface area is 122 Å². The van der Waals surface area contributed by atoms with E-state index in [2.05, 4.69) is 0 Å². The number of nitrogen functional groups attached to an aromatic ring is 1. The lowest BCUT2D eigenvalue weighted by molar-refractivity contribution is -0.138. The standard InChI is InChI=1S/C16H17N3O2/c17-15(18)12-4-3-11-9-13(6-5-10(11)8-12)19-7-1-2-14(19)16(20)21/h3-6,8-9,14H,1-2,7H2,(H3,17,18)(H,20,21). The third-order valence-corrected chi connectivity index (χ3v) is 4.00. The fraction of sp³-hybridized carbons (Fsp3) is 0.250. The maximum atomic E-state index is 11.3. The van der Waals surface area contributed by atoms with Crippen molar-refractivity contribution in [3.05, 3.63) is 42.0 Å². The summed E-state index contributed by atoms with van der Waals surface area (Å²) < 4.78 is 0. The number of carbonyl (C=O) groups is 1. The highest BCUT2D eigenvalue weighted by Gasteiger charge is 2.30. The van der Waals surface area contributed by atoms with Crippen LogP contribution in [0.15, 0.2) is 36.4 Å². The number of anilines is 1. The molecule has 0 aliphatic carbocycles. The van der Waals surface area contributed by atoms with Gasteiger partial charge in [-0.15, -0.1) is 0 Å². The molecule has 2 aromatic carbocycles. The highest BCUT2D eigenvalue weighted by atomic mass is 16.4. The van der Waals surface area contributed by atoms with E-state index in [1.54, 1.807) is 0 Å². The van der Waals surface area contributed by atoms with Crippen molar-refractivity contribution < 1.29 is 9.90 Å². The molecular weight excluding hydrogens is 266 g/mol. The first kappa shape index (κ1) is 13.4. The first-order valence-electron chi connectivity index (χ1n) is 6.94. The van der Waals surface area contributed by atoms with E-state index in [0.29, 0.717) is 12.0 Å². The van der Waals surface area contributed by atoms with Crippen LogP contribution < -0.4 is 10.6 Å². The van der Waals surface area contributed by atoms with Crippen LogP contribution >= 0.6 is 0 Å². The van der Waals surface area contributed by atoms with Crippen LogP contribution in [0, 0.1) is 5.41 Å². The zero-order valence-corrected chi connectivity index (χ0v) is 11.5. The zero-order valence-electron chi connectivity index (χ0n) is 11.5. The molecule has 0 saturated carbocycles. The summed E-state index contributed by atoms with van der Waals surface area (Å²) in [6, 6.07) is 11.1. The number of hydrogen-bond acceptors (Lipinski definition) is 3. The highest BCUT2D eigenvalue weighted by Crippen LogP contribution is 2.29. The first-order chi connectivity index (χ1) is 10.1. The van der Waals surface area contributed by atoms with Crippen LogP contribution in [0.5, 0.6) is 0 Å². The van der Waals surface area contributed by atoms with E-state index in [4.69, 9.17) is 11.1 Å². The van der Waals surface area contributed by atoms with Gasteiger partial charge < -0.3 is 15.7 Å². The van der Waals surface area contributed by atoms with Gasteiger partial charge in [0.25, 0.3) is 0 Å². The maximum Gasteiger partial charge on any atom is 0.326 e. The predicted octanol–water partition coefficient (Wildman–Crippen LogP) is 2.18. The summed E-state index contributed by atoms with van der Waals surface area (Å²) in [5.74, 6) is -0.717. The van der Waals surface area contributed by atoms with Gasteiger partial charge in [0, 0.05) is 17.8 Å². The molecule has 0 spiro atoms. The van der Waals surface area contributed by atoms with Gasteiger partial charge in [-0.3, -0.25) is 5.41 Å². The van der Waals surface area contributed by atoms with Gasteiger partial charge in [-0.2, -0.15) is 0 Å². The molecule has 0 amide bonds. The lowest BCUT2D eigenvalue weighted by atomic mass is 10.1. The summed E-state index contributed by atoms with van der Waals surface area (Å²) in [6.07, 6.45) is 1.59. The number of carboxylic acid groups (broad SMARTS) is 1. The van der Waals surface area contributed by atoms with E-state index in [-0.39, 0.29) is 5.84 Å². The monoisotopic (exact) mass is 283 g/mol. The minimum Gasteiger partial charge on any atom is -0.480 e. The molecule has 21 heavy (non-hydrogen) atoms. The van der Waals surface area contributed by atoms with Crippen molar-refractivity contribution in [3.8, 4) is 0 Å². The zero-order chi connectivity index (χ0) is 15.0. The summed E-state index contributed by atoms with van der Waals surface area (Å²) >= 11 is 0. The smallest absolute Gasteiger partial charge is 0.326 e. The van der Waals surface area contributed by atoms with Gasteiger partial charge in [0.2, 0.25) is 0 Å². The van der Waals surface area contributed by atoms with E-state index >= 15 is 0 Å². The number of nitrogens with zero attached hydrogens (tertiary/aromatic N) is 1. The molecule has 1 aliphatic heterocycles. The molecule has 1 aliphatic rings. The van der Waals surface area contributed by atoms with Crippen LogP contribution in [0.1, 0.15) is 18.4 Å². The minimum atomic E-state index is -0.764. The Balaban J connectivity index is 1.99. The number of aliphatic carboxylic acids is 1. The Kier molecular flexibility index (Phi) is 3.25. The van der Waals surface area contributed by atoms with Crippen LogP contribution in [0.25, 0.3) is 10.8 Å². The SMILES string of the molecule is N=C(N)c1ccc2cc(N3CCCC3C(=O)O)ccc2c1. The summed E-state index contributed by atoms with van der Waals surface area (Å²) in [6.45, 7) is 0.772. The number of amidine groups is 1. The molecule has 1 saturated heterocycles. The largest absolute Gasteiger partial charge is 0.480 e. The number of fused-ring (bicyclic) bond motifs is 1. The van der Waals surface area contributed by atoms with E-state index in [9.17, 15) is 9.90 Å². The highest BCUT2D eigenvalue weighted by molar-refractivity contribution is 5.99. The third-order valence-electron chi connectivity index (χ3n) is 4.00. The van der Waals surface area contributed by atoms with Gasteiger partial charge in [0.05, 0.1) is 0 Å². The lowest BCUT2D eigenvalue weighted by Crippen LogP contribution is -2.35. The second kappa shape index (κ2) is 5.09. The Hall–Kier alpha value is -2.56. The molecule has 5 nitrogen and oxygen atoms in total. The average molecular weight is 283 g/mol. The van der Waals surface area contributed by atoms with Crippen LogP contribution in [-0.2, 0) is 4.79 Å². The summed E-state index contributed by atoms with van der Waals surface area (Å²) in [7, 11) is 0. The lowest BCUT2D eigenvalue weighted by Gasteiger charge is -2.24. The summed E-state index contributed by atoms with van der Waals surface area (Å²) in [5, 5.41) is 18.8. The van der Waals surface area contributed by atoms with Gasteiger partial charge in [-0.1, -0.05) is 18.2 Å². The Morgan fingerprint density at radius 3 is 2.67 bits per heavy atom. The second-order valence-electron chi connectivity index (χ2n) is 5.35. The molecule has 108 valence electrons. The summed E-state index contributed by atoms with van der Waals surface area (Å²) in [5.41, 5.74) is 7.12. The molecule has 4 N–H and O–H groups in total. The minimum absolute atomic E-state index is 0.0476. The van der Waals surface area contributed by atoms with Gasteiger partial charge in [-0.05, 0) is 41.8 Å². The number of nitrogens with two attached hydrogens (primary N) is 1. The Morgan fingerprint density at radius 1 is 1.24 bits per heavy atom. The van der Waals surface area contributed by atoms with Gasteiger partial charge >= 0.3 is 5.97 Å². The van der Waals surface area contributed by atoms with Crippen molar-refractivity contribution in [2.45, 2.75) is 18.9 Å². The maximum absolute atomic E-state index is 11.3. The van der Waals surface area contributed by atoms with Crippen LogP contribution in [-0.4, -0.2) is 29.5 Å². The molecule has 5 heteroatoms. The van der Waals surface area contributed by atoms with E-state index < -0.39 is 12.0 Å². The Bertz CT molecular complexity index is 727. The van der Waals surface area contributed by atoms with Crippen LogP contribution in [0.3, 0.4) is 0 Å². The quantitative estimate of drug-likeness (QED) is 0.595. The molecule has 1 atom stereocenters. The molecule has 1 heterocycles. The number of hydrogen-bond donors (Lipinski definition) is 3. The molecule has 2 aromatic rings. The number of nitrogens with one attached hydrogen (secondary N) is 1. The molecule has 3 rings (SSSR count). The molecule has 0 aromatic heterocycles. The van der Waals surface area contributed by atoms with Crippen molar-refractivity contribution in [1.82, 2.24) is 0 Å². The predicted molar refractivity (Wildman–Crippen MR) is 83.0 cm³/mol. The molecule has 1 fully saturated rings. The summed E-state index contributed by atoms with van der Waals surface area (Å²) in [4.78, 5) is 13.2. The van der Waals surface area contributed by atoms with E-state index in [0.717, 1.165) is 29.4 Å². The van der Waals surface area contributed by atoms with Crippen molar-refractivity contribution in [1.29, 1.82) is 5.41 Å². The first-order valence-corrected chi connectivity index (χ1v) is 6.94. The van der Waals surface area contributed by atoms with E-state index in [1.165, 1.54) is 0 Å². The average Bonchev–Trinajstić information content (AvgIpc) is 2.95. The molecule has 0 bridgehead atoms. The Morgan fingerprint density at radius 2 is 1.95 bits per heavy atom. The van der Waals surface area contributed by atoms with Crippen molar-refractivity contribution in [3.63, 3.8) is 0 Å². The van der Waals surface area contributed by atoms with Crippen molar-refractivity contribution in [2.24, 2.45) is 5.73 Å². The van der Waals surface area contributed by atoms with Crippen molar-refractivity contribution >= 4 is 28.3 Å². The van der Waals surface area contributed by atoms with Gasteiger partial charge in [0.15, 0.2) is 0 Å². The third kappa shape index (κ3) is 2.42. The number of carboxylic acids is 1. The number of rotatable bonds is 3. The van der Waals surface area contributed by atoms with Crippen LogP contribution in [0.2, 0.25) is 0 Å². The number of benzene rings is 2. The molecular formula is C16H17N3O2. The second-order valence-corrected chi connectivity index (χ2v) is 5.35. The van der Waals surface area contributed by atoms with Crippen molar-refractivity contribution in [2.75, 3.05) is 11.4 Å². The van der Waals surface area contributed by atoms with Crippen LogP contribution in [0.4, 0.5) is 5.69 Å². The topological polar surface area (TPSA) is 90.4 Å². The van der Waals surface area contributed by atoms with Gasteiger partial charge in [-0.25, -0.2) is 4.79 Å². The fourth-order valence-corrected chi connectivity index (χ4v) is 2.91. The normalized spacial score (nSPS) is 18.1. The fourth-order valence-electron chi connectivity index (χ4n) is 2.91. The van der Waals surface area contributed by atoms with E-state index in [1.807, 2.05) is 41.3 Å². The molecule has 0 radical (unpaired) electrons. The molecule has 1 unspecified atom stereocenters. The van der Waals surface area contributed by atoms with Gasteiger partial charge in [0.1, 0.15) is 11.9 Å².